The van der Waals surface area contributed by atoms with Crippen LogP contribution in [0.5, 0.6) is 0 Å². The van der Waals surface area contributed by atoms with E-state index in [1.165, 1.54) is 11.3 Å². The van der Waals surface area contributed by atoms with E-state index in [1.54, 1.807) is 0 Å². The number of rotatable bonds is 2. The molecule has 3 rings (SSSR count). The zero-order chi connectivity index (χ0) is 13.6. The largest absolute Gasteiger partial charge is 0.375 e. The van der Waals surface area contributed by atoms with Crippen molar-refractivity contribution in [2.24, 2.45) is 0 Å². The molecule has 0 saturated carbocycles. The summed E-state index contributed by atoms with van der Waals surface area (Å²) in [5.74, 6) is 0.171. The molecule has 2 aromatic rings. The minimum atomic E-state index is 0.171. The van der Waals surface area contributed by atoms with Crippen LogP contribution < -0.4 is 10.6 Å². The molecule has 0 unspecified atom stereocenters. The average Bonchev–Trinajstić information content (AvgIpc) is 2.86. The molecule has 0 spiro atoms. The number of nitrogen functional groups attached to an aromatic ring is 1. The van der Waals surface area contributed by atoms with E-state index in [0.29, 0.717) is 18.1 Å². The summed E-state index contributed by atoms with van der Waals surface area (Å²) < 4.78 is 0. The molecule has 2 N–H and O–H groups in total. The molecule has 0 atom stereocenters. The lowest BCUT2D eigenvalue weighted by molar-refractivity contribution is -0.117. The number of anilines is 2. The van der Waals surface area contributed by atoms with E-state index in [0.717, 1.165) is 27.4 Å². The highest BCUT2D eigenvalue weighted by Crippen LogP contribution is 2.35. The number of hydrogen-bond acceptors (Lipinski definition) is 4. The molecule has 1 aromatic carbocycles. The third kappa shape index (κ3) is 1.90. The first-order chi connectivity index (χ1) is 9.10. The average molecular weight is 273 g/mol. The SMILES string of the molecule is CCN1C(=O)Cc2cc(-c3nc(N)sc3C)ccc21. The molecule has 0 bridgehead atoms. The number of carbonyl (C=O) groups excluding carboxylic acids is 1. The first kappa shape index (κ1) is 12.2. The van der Waals surface area contributed by atoms with Crippen LogP contribution in [-0.4, -0.2) is 17.4 Å². The number of carbonyl (C=O) groups is 1. The van der Waals surface area contributed by atoms with E-state index in [1.807, 2.05) is 30.9 Å². The van der Waals surface area contributed by atoms with Crippen LogP contribution in [0.2, 0.25) is 0 Å². The standard InChI is InChI=1S/C14H15N3OS/c1-3-17-11-5-4-9(6-10(11)7-12(17)18)13-8(2)19-14(15)16-13/h4-6H,3,7H2,1-2H3,(H2,15,16). The van der Waals surface area contributed by atoms with Crippen LogP contribution in [0.3, 0.4) is 0 Å². The predicted molar refractivity (Wildman–Crippen MR) is 78.4 cm³/mol. The molecule has 98 valence electrons. The summed E-state index contributed by atoms with van der Waals surface area (Å²) in [5.41, 5.74) is 9.81. The van der Waals surface area contributed by atoms with Crippen molar-refractivity contribution < 1.29 is 4.79 Å². The third-order valence-corrected chi connectivity index (χ3v) is 4.22. The van der Waals surface area contributed by atoms with Crippen molar-refractivity contribution >= 4 is 28.1 Å². The summed E-state index contributed by atoms with van der Waals surface area (Å²) in [6.07, 6.45) is 0.482. The zero-order valence-corrected chi connectivity index (χ0v) is 11.8. The molecule has 0 saturated heterocycles. The number of nitrogens with zero attached hydrogens (tertiary/aromatic N) is 2. The number of aromatic nitrogens is 1. The Kier molecular flexibility index (Phi) is 2.78. The molecular formula is C14H15N3OS. The van der Waals surface area contributed by atoms with E-state index >= 15 is 0 Å². The van der Waals surface area contributed by atoms with Gasteiger partial charge in [0, 0.05) is 22.7 Å². The van der Waals surface area contributed by atoms with Crippen LogP contribution in [0, 0.1) is 6.92 Å². The van der Waals surface area contributed by atoms with E-state index < -0.39 is 0 Å². The zero-order valence-electron chi connectivity index (χ0n) is 10.9. The number of thiazole rings is 1. The van der Waals surface area contributed by atoms with Gasteiger partial charge in [-0.1, -0.05) is 6.07 Å². The first-order valence-corrected chi connectivity index (χ1v) is 7.08. The van der Waals surface area contributed by atoms with Crippen LogP contribution in [0.25, 0.3) is 11.3 Å². The molecule has 2 heterocycles. The number of likely N-dealkylation sites (N-methyl/N-ethyl adjacent to an activating group) is 1. The van der Waals surface area contributed by atoms with Crippen molar-refractivity contribution in [2.75, 3.05) is 17.2 Å². The van der Waals surface area contributed by atoms with Crippen molar-refractivity contribution in [3.63, 3.8) is 0 Å². The third-order valence-electron chi connectivity index (χ3n) is 3.42. The Morgan fingerprint density at radius 3 is 2.89 bits per heavy atom. The van der Waals surface area contributed by atoms with Gasteiger partial charge in [0.25, 0.3) is 0 Å². The van der Waals surface area contributed by atoms with Crippen molar-refractivity contribution in [2.45, 2.75) is 20.3 Å². The molecule has 1 aromatic heterocycles. The fourth-order valence-corrected chi connectivity index (χ4v) is 3.27. The molecule has 1 aliphatic rings. The van der Waals surface area contributed by atoms with Crippen LogP contribution in [0.15, 0.2) is 18.2 Å². The number of nitrogens with two attached hydrogens (primary N) is 1. The highest BCUT2D eigenvalue weighted by Gasteiger charge is 2.26. The van der Waals surface area contributed by atoms with Crippen molar-refractivity contribution in [3.8, 4) is 11.3 Å². The van der Waals surface area contributed by atoms with Gasteiger partial charge in [0.2, 0.25) is 5.91 Å². The summed E-state index contributed by atoms with van der Waals surface area (Å²) >= 11 is 1.49. The first-order valence-electron chi connectivity index (χ1n) is 6.26. The van der Waals surface area contributed by atoms with Crippen LogP contribution in [0.1, 0.15) is 17.4 Å². The summed E-state index contributed by atoms with van der Waals surface area (Å²) in [6, 6.07) is 6.08. The van der Waals surface area contributed by atoms with Gasteiger partial charge >= 0.3 is 0 Å². The number of fused-ring (bicyclic) bond motifs is 1. The maximum Gasteiger partial charge on any atom is 0.231 e. The Bertz CT molecular complexity index is 663. The maximum atomic E-state index is 11.9. The molecular weight excluding hydrogens is 258 g/mol. The second-order valence-electron chi connectivity index (χ2n) is 4.62. The fraction of sp³-hybridized carbons (Fsp3) is 0.286. The Balaban J connectivity index is 2.07. The van der Waals surface area contributed by atoms with E-state index in [-0.39, 0.29) is 5.91 Å². The predicted octanol–water partition coefficient (Wildman–Crippen LogP) is 2.61. The van der Waals surface area contributed by atoms with Crippen LogP contribution in [0.4, 0.5) is 10.8 Å². The Labute approximate surface area is 115 Å². The Morgan fingerprint density at radius 1 is 1.47 bits per heavy atom. The van der Waals surface area contributed by atoms with Gasteiger partial charge in [0.1, 0.15) is 0 Å². The Hall–Kier alpha value is -1.88. The normalized spacial score (nSPS) is 14.0. The highest BCUT2D eigenvalue weighted by atomic mass is 32.1. The lowest BCUT2D eigenvalue weighted by Gasteiger charge is -2.14. The van der Waals surface area contributed by atoms with Gasteiger partial charge in [-0.25, -0.2) is 4.98 Å². The van der Waals surface area contributed by atoms with Gasteiger partial charge in [0.05, 0.1) is 12.1 Å². The van der Waals surface area contributed by atoms with E-state index in [4.69, 9.17) is 5.73 Å². The molecule has 0 fully saturated rings. The minimum absolute atomic E-state index is 0.171. The van der Waals surface area contributed by atoms with Gasteiger partial charge in [0.15, 0.2) is 5.13 Å². The number of benzene rings is 1. The molecule has 0 aliphatic carbocycles. The lowest BCUT2D eigenvalue weighted by Crippen LogP contribution is -2.25. The van der Waals surface area contributed by atoms with Crippen molar-refractivity contribution in [1.29, 1.82) is 0 Å². The van der Waals surface area contributed by atoms with E-state index in [2.05, 4.69) is 11.1 Å². The second-order valence-corrected chi connectivity index (χ2v) is 5.85. The fourth-order valence-electron chi connectivity index (χ4n) is 2.56. The monoisotopic (exact) mass is 273 g/mol. The summed E-state index contributed by atoms with van der Waals surface area (Å²) in [4.78, 5) is 19.2. The smallest absolute Gasteiger partial charge is 0.231 e. The maximum absolute atomic E-state index is 11.9. The summed E-state index contributed by atoms with van der Waals surface area (Å²) in [6.45, 7) is 4.72. The molecule has 19 heavy (non-hydrogen) atoms. The number of hydrogen-bond donors (Lipinski definition) is 1. The number of aryl methyl sites for hydroxylation is 1. The topological polar surface area (TPSA) is 59.2 Å². The van der Waals surface area contributed by atoms with Gasteiger partial charge in [-0.2, -0.15) is 0 Å². The Morgan fingerprint density at radius 2 is 2.26 bits per heavy atom. The molecule has 1 amide bonds. The summed E-state index contributed by atoms with van der Waals surface area (Å²) in [7, 11) is 0. The minimum Gasteiger partial charge on any atom is -0.375 e. The highest BCUT2D eigenvalue weighted by molar-refractivity contribution is 7.15. The van der Waals surface area contributed by atoms with Gasteiger partial charge in [-0.15, -0.1) is 11.3 Å². The van der Waals surface area contributed by atoms with Gasteiger partial charge in [-0.3, -0.25) is 4.79 Å². The molecule has 1 aliphatic heterocycles. The molecule has 0 radical (unpaired) electrons. The molecule has 4 nitrogen and oxygen atoms in total. The summed E-state index contributed by atoms with van der Waals surface area (Å²) in [5, 5.41) is 0.583. The van der Waals surface area contributed by atoms with Crippen molar-refractivity contribution in [3.05, 3.63) is 28.6 Å². The quantitative estimate of drug-likeness (QED) is 0.915. The van der Waals surface area contributed by atoms with Crippen LogP contribution >= 0.6 is 11.3 Å². The second kappa shape index (κ2) is 4.35. The van der Waals surface area contributed by atoms with Gasteiger partial charge in [-0.05, 0) is 31.5 Å². The molecule has 5 heteroatoms. The van der Waals surface area contributed by atoms with Gasteiger partial charge < -0.3 is 10.6 Å². The number of amides is 1. The van der Waals surface area contributed by atoms with E-state index in [9.17, 15) is 4.79 Å². The van der Waals surface area contributed by atoms with Crippen molar-refractivity contribution in [1.82, 2.24) is 4.98 Å². The lowest BCUT2D eigenvalue weighted by atomic mass is 10.1. The van der Waals surface area contributed by atoms with Crippen LogP contribution in [-0.2, 0) is 11.2 Å².